The van der Waals surface area contributed by atoms with Gasteiger partial charge in [-0.2, -0.15) is 0 Å². The molecule has 0 bridgehead atoms. The van der Waals surface area contributed by atoms with Gasteiger partial charge >= 0.3 is 5.97 Å². The Balaban J connectivity index is 1.22. The summed E-state index contributed by atoms with van der Waals surface area (Å²) in [6, 6.07) is 16.9. The molecule has 1 aromatic heterocycles. The van der Waals surface area contributed by atoms with Crippen molar-refractivity contribution >= 4 is 16.9 Å². The molecule has 0 fully saturated rings. The van der Waals surface area contributed by atoms with Crippen molar-refractivity contribution in [3.05, 3.63) is 106 Å². The SMILES string of the molecule is O=C(O)C(O)(c1ccc(F)cc1)c1cccc(OCCCCCNCC(O)c2ccc(O)c3[nH]c(=O)ccc23)c1. The quantitative estimate of drug-likeness (QED) is 0.138. The summed E-state index contributed by atoms with van der Waals surface area (Å²) in [4.78, 5) is 26.1. The maximum absolute atomic E-state index is 13.3. The standard InChI is InChI=1S/C30H31FN2O7/c31-21-9-7-19(8-10-21)30(39,29(37)38)20-5-4-6-22(17-20)40-16-3-1-2-15-32-18-26(35)23-11-13-25(34)28-24(23)12-14-27(36)33-28/h4-14,17,26,32,34-35,39H,1-3,15-16,18H2,(H,33,36)(H,37,38). The number of rotatable bonds is 13. The van der Waals surface area contributed by atoms with Crippen LogP contribution < -0.4 is 15.6 Å². The Hall–Kier alpha value is -4.25. The summed E-state index contributed by atoms with van der Waals surface area (Å²) >= 11 is 0. The molecule has 0 radical (unpaired) electrons. The van der Waals surface area contributed by atoms with Crippen LogP contribution in [0.5, 0.6) is 11.5 Å². The molecule has 210 valence electrons. The highest BCUT2D eigenvalue weighted by Crippen LogP contribution is 2.32. The van der Waals surface area contributed by atoms with E-state index in [0.717, 1.165) is 31.4 Å². The number of aliphatic hydroxyl groups is 2. The molecule has 0 aliphatic carbocycles. The van der Waals surface area contributed by atoms with Gasteiger partial charge in [0.2, 0.25) is 11.2 Å². The van der Waals surface area contributed by atoms with E-state index in [4.69, 9.17) is 4.74 Å². The number of fused-ring (bicyclic) bond motifs is 1. The molecule has 0 aliphatic heterocycles. The first-order valence-corrected chi connectivity index (χ1v) is 12.9. The van der Waals surface area contributed by atoms with Gasteiger partial charge in [0.05, 0.1) is 18.2 Å². The Morgan fingerprint density at radius 3 is 2.52 bits per heavy atom. The molecule has 0 saturated heterocycles. The molecule has 6 N–H and O–H groups in total. The van der Waals surface area contributed by atoms with Crippen LogP contribution in [-0.2, 0) is 10.4 Å². The number of ether oxygens (including phenoxy) is 1. The Bertz CT molecular complexity index is 1520. The number of aliphatic carboxylic acids is 1. The Labute approximate surface area is 229 Å². The molecule has 9 nitrogen and oxygen atoms in total. The molecule has 2 unspecified atom stereocenters. The van der Waals surface area contributed by atoms with E-state index in [1.165, 1.54) is 36.4 Å². The summed E-state index contributed by atoms with van der Waals surface area (Å²) in [5.41, 5.74) is -1.67. The molecule has 1 heterocycles. The van der Waals surface area contributed by atoms with Gasteiger partial charge in [-0.1, -0.05) is 30.3 Å². The van der Waals surface area contributed by atoms with Crippen LogP contribution in [0.3, 0.4) is 0 Å². The van der Waals surface area contributed by atoms with Crippen LogP contribution in [0.15, 0.2) is 77.6 Å². The average Bonchev–Trinajstić information content (AvgIpc) is 2.94. The number of carboxylic acid groups (broad SMARTS) is 1. The van der Waals surface area contributed by atoms with Gasteiger partial charge in [-0.3, -0.25) is 4.79 Å². The molecular weight excluding hydrogens is 519 g/mol. The number of phenolic OH excluding ortho intramolecular Hbond substituents is 1. The van der Waals surface area contributed by atoms with E-state index in [1.807, 2.05) is 0 Å². The monoisotopic (exact) mass is 550 g/mol. The smallest absolute Gasteiger partial charge is 0.345 e. The third kappa shape index (κ3) is 6.48. The molecule has 10 heteroatoms. The zero-order valence-corrected chi connectivity index (χ0v) is 21.6. The molecule has 2 atom stereocenters. The van der Waals surface area contributed by atoms with Gasteiger partial charge in [0.25, 0.3) is 0 Å². The number of halogens is 1. The molecule has 4 aromatic rings. The summed E-state index contributed by atoms with van der Waals surface area (Å²) in [5, 5.41) is 45.1. The zero-order chi connectivity index (χ0) is 28.7. The summed E-state index contributed by atoms with van der Waals surface area (Å²) in [7, 11) is 0. The topological polar surface area (TPSA) is 152 Å². The second-order valence-electron chi connectivity index (χ2n) is 9.46. The van der Waals surface area contributed by atoms with Gasteiger partial charge in [-0.15, -0.1) is 0 Å². The molecule has 0 spiro atoms. The van der Waals surface area contributed by atoms with Crippen LogP contribution in [0.25, 0.3) is 10.9 Å². The van der Waals surface area contributed by atoms with Gasteiger partial charge in [0.1, 0.15) is 17.3 Å². The Morgan fingerprint density at radius 1 is 1.00 bits per heavy atom. The third-order valence-electron chi connectivity index (χ3n) is 6.69. The fraction of sp³-hybridized carbons (Fsp3) is 0.267. The lowest BCUT2D eigenvalue weighted by Gasteiger charge is -2.25. The highest BCUT2D eigenvalue weighted by atomic mass is 19.1. The van der Waals surface area contributed by atoms with Gasteiger partial charge in [0.15, 0.2) is 0 Å². The fourth-order valence-corrected chi connectivity index (χ4v) is 4.53. The van der Waals surface area contributed by atoms with E-state index in [1.54, 1.807) is 24.3 Å². The predicted octanol–water partition coefficient (Wildman–Crippen LogP) is 3.57. The number of pyridine rings is 1. The van der Waals surface area contributed by atoms with Gasteiger partial charge in [-0.25, -0.2) is 9.18 Å². The van der Waals surface area contributed by atoms with Crippen LogP contribution in [0, 0.1) is 5.82 Å². The number of aromatic hydroxyl groups is 1. The fourth-order valence-electron chi connectivity index (χ4n) is 4.53. The van der Waals surface area contributed by atoms with E-state index in [9.17, 15) is 34.4 Å². The van der Waals surface area contributed by atoms with Crippen molar-refractivity contribution in [1.82, 2.24) is 10.3 Å². The van der Waals surface area contributed by atoms with Crippen molar-refractivity contribution in [3.8, 4) is 11.5 Å². The first-order chi connectivity index (χ1) is 19.2. The number of aromatic nitrogens is 1. The Morgan fingerprint density at radius 2 is 1.77 bits per heavy atom. The Kier molecular flexibility index (Phi) is 9.15. The maximum Gasteiger partial charge on any atom is 0.345 e. The van der Waals surface area contributed by atoms with Crippen molar-refractivity contribution in [2.45, 2.75) is 31.0 Å². The number of hydrogen-bond acceptors (Lipinski definition) is 7. The highest BCUT2D eigenvalue weighted by Gasteiger charge is 2.40. The summed E-state index contributed by atoms with van der Waals surface area (Å²) < 4.78 is 19.1. The highest BCUT2D eigenvalue weighted by molar-refractivity contribution is 5.87. The second kappa shape index (κ2) is 12.7. The number of aromatic amines is 1. The molecule has 3 aromatic carbocycles. The van der Waals surface area contributed by atoms with Crippen LogP contribution in [-0.4, -0.2) is 51.1 Å². The van der Waals surface area contributed by atoms with E-state index < -0.39 is 23.5 Å². The van der Waals surface area contributed by atoms with E-state index in [2.05, 4.69) is 10.3 Å². The minimum Gasteiger partial charge on any atom is -0.506 e. The second-order valence-corrected chi connectivity index (χ2v) is 9.46. The van der Waals surface area contributed by atoms with E-state index in [-0.39, 0.29) is 28.0 Å². The number of carbonyl (C=O) groups is 1. The normalized spacial score (nSPS) is 13.6. The van der Waals surface area contributed by atoms with Crippen LogP contribution in [0.2, 0.25) is 0 Å². The lowest BCUT2D eigenvalue weighted by atomic mass is 9.86. The molecular formula is C30H31FN2O7. The molecule has 4 rings (SSSR count). The zero-order valence-electron chi connectivity index (χ0n) is 21.6. The third-order valence-corrected chi connectivity index (χ3v) is 6.69. The summed E-state index contributed by atoms with van der Waals surface area (Å²) in [6.07, 6.45) is 1.55. The number of aliphatic hydroxyl groups excluding tert-OH is 1. The number of carboxylic acids is 1. The number of benzene rings is 3. The average molecular weight is 551 g/mol. The van der Waals surface area contributed by atoms with Crippen LogP contribution in [0.4, 0.5) is 4.39 Å². The van der Waals surface area contributed by atoms with Gasteiger partial charge in [-0.05, 0) is 73.3 Å². The number of phenols is 1. The van der Waals surface area contributed by atoms with Crippen LogP contribution >= 0.6 is 0 Å². The predicted molar refractivity (Wildman–Crippen MR) is 147 cm³/mol. The van der Waals surface area contributed by atoms with Gasteiger partial charge in [0, 0.05) is 23.6 Å². The van der Waals surface area contributed by atoms with Crippen LogP contribution in [0.1, 0.15) is 42.1 Å². The number of unbranched alkanes of at least 4 members (excludes halogenated alkanes) is 2. The van der Waals surface area contributed by atoms with Crippen molar-refractivity contribution in [1.29, 1.82) is 0 Å². The van der Waals surface area contributed by atoms with Crippen molar-refractivity contribution in [2.24, 2.45) is 0 Å². The summed E-state index contributed by atoms with van der Waals surface area (Å²) in [6.45, 7) is 1.33. The maximum atomic E-state index is 13.3. The number of H-pyrrole nitrogens is 1. The van der Waals surface area contributed by atoms with Crippen molar-refractivity contribution in [3.63, 3.8) is 0 Å². The summed E-state index contributed by atoms with van der Waals surface area (Å²) in [5.74, 6) is -1.68. The lowest BCUT2D eigenvalue weighted by Crippen LogP contribution is -2.36. The van der Waals surface area contributed by atoms with Gasteiger partial charge < -0.3 is 35.5 Å². The lowest BCUT2D eigenvalue weighted by molar-refractivity contribution is -0.155. The van der Waals surface area contributed by atoms with E-state index in [0.29, 0.717) is 36.4 Å². The minimum atomic E-state index is -2.35. The van der Waals surface area contributed by atoms with Crippen molar-refractivity contribution < 1.29 is 34.3 Å². The van der Waals surface area contributed by atoms with E-state index >= 15 is 0 Å². The first-order valence-electron chi connectivity index (χ1n) is 12.9. The number of nitrogens with one attached hydrogen (secondary N) is 2. The minimum absolute atomic E-state index is 0.0321. The molecule has 0 amide bonds. The van der Waals surface area contributed by atoms with Crippen molar-refractivity contribution in [2.75, 3.05) is 19.7 Å². The molecule has 0 saturated carbocycles. The molecule has 40 heavy (non-hydrogen) atoms. The number of hydrogen-bond donors (Lipinski definition) is 6. The first kappa shape index (κ1) is 28.8. The largest absolute Gasteiger partial charge is 0.506 e. The molecule has 0 aliphatic rings.